The molecule has 96 valence electrons. The Bertz CT molecular complexity index is 308. The second-order valence-corrected chi connectivity index (χ2v) is 4.39. The predicted octanol–water partition coefficient (Wildman–Crippen LogP) is 2.27. The highest BCUT2D eigenvalue weighted by Crippen LogP contribution is 2.15. The van der Waals surface area contributed by atoms with Gasteiger partial charge >= 0.3 is 0 Å². The number of hydrogen-bond acceptors (Lipinski definition) is 3. The second-order valence-electron chi connectivity index (χ2n) is 4.39. The fraction of sp³-hybridized carbons (Fsp3) is 0.571. The molecule has 0 bridgehead atoms. The lowest BCUT2D eigenvalue weighted by Crippen LogP contribution is -2.22. The van der Waals surface area contributed by atoms with Crippen molar-refractivity contribution in [2.24, 2.45) is 5.92 Å². The van der Waals surface area contributed by atoms with Crippen molar-refractivity contribution >= 4 is 0 Å². The summed E-state index contributed by atoms with van der Waals surface area (Å²) in [6.45, 7) is 2.60. The molecule has 0 radical (unpaired) electrons. The maximum atomic E-state index is 9.91. The minimum absolute atomic E-state index is 0.179. The van der Waals surface area contributed by atoms with Crippen molar-refractivity contribution < 1.29 is 14.6 Å². The number of ether oxygens (including phenoxy) is 2. The van der Waals surface area contributed by atoms with E-state index in [9.17, 15) is 5.11 Å². The molecule has 2 unspecified atom stereocenters. The summed E-state index contributed by atoms with van der Waals surface area (Å²) in [5.74, 6) is 1.04. The van der Waals surface area contributed by atoms with Gasteiger partial charge in [-0.2, -0.15) is 0 Å². The van der Waals surface area contributed by atoms with Crippen LogP contribution in [0.3, 0.4) is 0 Å². The molecule has 1 aromatic rings. The number of aryl methyl sites for hydroxylation is 1. The fourth-order valence-corrected chi connectivity index (χ4v) is 1.77. The standard InChI is InChI=1S/C14H22O3/c1-11(10-16-2)14(15)9-6-12-4-7-13(17-3)8-5-12/h4-5,7-8,11,14-15H,6,9-10H2,1-3H3. The van der Waals surface area contributed by atoms with Crippen LogP contribution in [-0.2, 0) is 11.2 Å². The van der Waals surface area contributed by atoms with Crippen LogP contribution in [0.2, 0.25) is 0 Å². The van der Waals surface area contributed by atoms with Gasteiger partial charge in [-0.05, 0) is 30.5 Å². The Kier molecular flexibility index (Phi) is 6.01. The lowest BCUT2D eigenvalue weighted by molar-refractivity contribution is 0.0522. The summed E-state index contributed by atoms with van der Waals surface area (Å²) in [6.07, 6.45) is 1.33. The molecule has 0 spiro atoms. The SMILES string of the molecule is COCC(C)C(O)CCc1ccc(OC)cc1. The summed E-state index contributed by atoms with van der Waals surface area (Å²) < 4.78 is 10.1. The Morgan fingerprint density at radius 2 is 1.82 bits per heavy atom. The average Bonchev–Trinajstić information content (AvgIpc) is 2.36. The molecule has 17 heavy (non-hydrogen) atoms. The number of aliphatic hydroxyl groups excluding tert-OH is 1. The maximum absolute atomic E-state index is 9.91. The van der Waals surface area contributed by atoms with Crippen LogP contribution in [0.15, 0.2) is 24.3 Å². The molecular weight excluding hydrogens is 216 g/mol. The van der Waals surface area contributed by atoms with Gasteiger partial charge in [0.1, 0.15) is 5.75 Å². The molecule has 0 saturated carbocycles. The maximum Gasteiger partial charge on any atom is 0.118 e. The van der Waals surface area contributed by atoms with Crippen molar-refractivity contribution in [1.29, 1.82) is 0 Å². The Morgan fingerprint density at radius 3 is 2.35 bits per heavy atom. The number of hydrogen-bond donors (Lipinski definition) is 1. The Morgan fingerprint density at radius 1 is 1.18 bits per heavy atom. The van der Waals surface area contributed by atoms with Crippen LogP contribution in [0.1, 0.15) is 18.9 Å². The smallest absolute Gasteiger partial charge is 0.118 e. The van der Waals surface area contributed by atoms with Crippen molar-refractivity contribution in [2.75, 3.05) is 20.8 Å². The monoisotopic (exact) mass is 238 g/mol. The van der Waals surface area contributed by atoms with E-state index in [0.717, 1.165) is 18.6 Å². The predicted molar refractivity (Wildman–Crippen MR) is 68.4 cm³/mol. The topological polar surface area (TPSA) is 38.7 Å². The number of methoxy groups -OCH3 is 2. The summed E-state index contributed by atoms with van der Waals surface area (Å²) in [5, 5.41) is 9.91. The molecule has 0 fully saturated rings. The zero-order valence-electron chi connectivity index (χ0n) is 10.8. The number of aliphatic hydroxyl groups is 1. The molecule has 2 atom stereocenters. The highest BCUT2D eigenvalue weighted by molar-refractivity contribution is 5.27. The summed E-state index contributed by atoms with van der Waals surface area (Å²) in [4.78, 5) is 0. The molecular formula is C14H22O3. The van der Waals surface area contributed by atoms with Crippen molar-refractivity contribution in [3.63, 3.8) is 0 Å². The summed E-state index contributed by atoms with van der Waals surface area (Å²) in [5.41, 5.74) is 1.22. The van der Waals surface area contributed by atoms with E-state index >= 15 is 0 Å². The summed E-state index contributed by atoms with van der Waals surface area (Å²) in [7, 11) is 3.32. The average molecular weight is 238 g/mol. The van der Waals surface area contributed by atoms with Crippen LogP contribution in [0.5, 0.6) is 5.75 Å². The Hall–Kier alpha value is -1.06. The van der Waals surface area contributed by atoms with Crippen molar-refractivity contribution in [3.8, 4) is 5.75 Å². The van der Waals surface area contributed by atoms with E-state index in [1.165, 1.54) is 5.56 Å². The number of rotatable bonds is 7. The highest BCUT2D eigenvalue weighted by atomic mass is 16.5. The minimum atomic E-state index is -0.308. The summed E-state index contributed by atoms with van der Waals surface area (Å²) >= 11 is 0. The van der Waals surface area contributed by atoms with Gasteiger partial charge < -0.3 is 14.6 Å². The van der Waals surface area contributed by atoms with Gasteiger partial charge in [0.05, 0.1) is 19.8 Å². The van der Waals surface area contributed by atoms with Crippen LogP contribution in [-0.4, -0.2) is 32.0 Å². The first-order chi connectivity index (χ1) is 8.17. The molecule has 0 amide bonds. The van der Waals surface area contributed by atoms with Crippen LogP contribution in [0.25, 0.3) is 0 Å². The van der Waals surface area contributed by atoms with Crippen molar-refractivity contribution in [3.05, 3.63) is 29.8 Å². The van der Waals surface area contributed by atoms with Gasteiger partial charge in [0, 0.05) is 13.0 Å². The lowest BCUT2D eigenvalue weighted by atomic mass is 9.98. The molecule has 0 aromatic heterocycles. The molecule has 1 N–H and O–H groups in total. The molecule has 0 heterocycles. The number of benzene rings is 1. The zero-order valence-corrected chi connectivity index (χ0v) is 10.8. The van der Waals surface area contributed by atoms with E-state index < -0.39 is 0 Å². The van der Waals surface area contributed by atoms with E-state index in [-0.39, 0.29) is 12.0 Å². The van der Waals surface area contributed by atoms with E-state index in [1.54, 1.807) is 14.2 Å². The van der Waals surface area contributed by atoms with E-state index in [2.05, 4.69) is 0 Å². The molecule has 1 rings (SSSR count). The van der Waals surface area contributed by atoms with Gasteiger partial charge in [0.15, 0.2) is 0 Å². The first-order valence-electron chi connectivity index (χ1n) is 5.97. The van der Waals surface area contributed by atoms with Crippen LogP contribution < -0.4 is 4.74 Å². The molecule has 3 heteroatoms. The van der Waals surface area contributed by atoms with Gasteiger partial charge in [-0.15, -0.1) is 0 Å². The molecule has 3 nitrogen and oxygen atoms in total. The van der Waals surface area contributed by atoms with Crippen LogP contribution in [0.4, 0.5) is 0 Å². The minimum Gasteiger partial charge on any atom is -0.497 e. The van der Waals surface area contributed by atoms with Gasteiger partial charge in [-0.3, -0.25) is 0 Å². The van der Waals surface area contributed by atoms with Gasteiger partial charge in [0.2, 0.25) is 0 Å². The Balaban J connectivity index is 2.38. The third kappa shape index (κ3) is 4.75. The lowest BCUT2D eigenvalue weighted by Gasteiger charge is -2.17. The fourth-order valence-electron chi connectivity index (χ4n) is 1.77. The molecule has 0 aliphatic heterocycles. The van der Waals surface area contributed by atoms with Gasteiger partial charge in [-0.1, -0.05) is 19.1 Å². The summed E-state index contributed by atoms with van der Waals surface area (Å²) in [6, 6.07) is 7.96. The van der Waals surface area contributed by atoms with E-state index in [4.69, 9.17) is 9.47 Å². The van der Waals surface area contributed by atoms with E-state index in [1.807, 2.05) is 31.2 Å². The largest absolute Gasteiger partial charge is 0.497 e. The van der Waals surface area contributed by atoms with E-state index in [0.29, 0.717) is 6.61 Å². The van der Waals surface area contributed by atoms with Crippen LogP contribution in [0, 0.1) is 5.92 Å². The quantitative estimate of drug-likeness (QED) is 0.792. The van der Waals surface area contributed by atoms with Crippen molar-refractivity contribution in [1.82, 2.24) is 0 Å². The van der Waals surface area contributed by atoms with Gasteiger partial charge in [0.25, 0.3) is 0 Å². The highest BCUT2D eigenvalue weighted by Gasteiger charge is 2.13. The zero-order chi connectivity index (χ0) is 12.7. The molecule has 0 aliphatic rings. The third-order valence-corrected chi connectivity index (χ3v) is 2.97. The first-order valence-corrected chi connectivity index (χ1v) is 5.97. The second kappa shape index (κ2) is 7.30. The van der Waals surface area contributed by atoms with Gasteiger partial charge in [-0.25, -0.2) is 0 Å². The molecule has 1 aromatic carbocycles. The van der Waals surface area contributed by atoms with Crippen LogP contribution >= 0.6 is 0 Å². The normalized spacial score (nSPS) is 14.4. The Labute approximate surface area is 103 Å². The third-order valence-electron chi connectivity index (χ3n) is 2.97. The first kappa shape index (κ1) is 14.0. The van der Waals surface area contributed by atoms with Crippen molar-refractivity contribution in [2.45, 2.75) is 25.9 Å². The molecule has 0 saturated heterocycles. The molecule has 0 aliphatic carbocycles.